The van der Waals surface area contributed by atoms with Gasteiger partial charge in [0.15, 0.2) is 5.96 Å². The lowest BCUT2D eigenvalue weighted by Gasteiger charge is -2.27. The SMILES string of the molecule is CN=C(NCCN1CCCCC1)NCC(=O)N1CCCCC1. The summed E-state index contributed by atoms with van der Waals surface area (Å²) < 4.78 is 0. The van der Waals surface area contributed by atoms with Crippen molar-refractivity contribution in [2.24, 2.45) is 4.99 Å². The van der Waals surface area contributed by atoms with E-state index in [0.29, 0.717) is 6.54 Å². The zero-order chi connectivity index (χ0) is 15.6. The second kappa shape index (κ2) is 9.66. The second-order valence-corrected chi connectivity index (χ2v) is 6.20. The molecule has 2 fully saturated rings. The Morgan fingerprint density at radius 3 is 2.23 bits per heavy atom. The monoisotopic (exact) mass is 309 g/mol. The Morgan fingerprint density at radius 1 is 0.955 bits per heavy atom. The third-order valence-electron chi connectivity index (χ3n) is 4.51. The van der Waals surface area contributed by atoms with E-state index in [1.165, 1.54) is 38.8 Å². The van der Waals surface area contributed by atoms with Gasteiger partial charge in [0, 0.05) is 33.2 Å². The van der Waals surface area contributed by atoms with E-state index in [0.717, 1.165) is 45.0 Å². The Labute approximate surface area is 134 Å². The van der Waals surface area contributed by atoms with Gasteiger partial charge in [0.1, 0.15) is 0 Å². The van der Waals surface area contributed by atoms with E-state index in [4.69, 9.17) is 0 Å². The van der Waals surface area contributed by atoms with Crippen molar-refractivity contribution in [3.05, 3.63) is 0 Å². The highest BCUT2D eigenvalue weighted by Gasteiger charge is 2.16. The molecule has 6 heteroatoms. The number of nitrogens with one attached hydrogen (secondary N) is 2. The van der Waals surface area contributed by atoms with Crippen LogP contribution in [-0.4, -0.2) is 74.5 Å². The predicted octanol–water partition coefficient (Wildman–Crippen LogP) is 0.650. The fourth-order valence-corrected chi connectivity index (χ4v) is 3.15. The molecule has 0 aromatic rings. The number of carbonyl (C=O) groups is 1. The molecule has 126 valence electrons. The number of likely N-dealkylation sites (tertiary alicyclic amines) is 2. The molecule has 0 saturated carbocycles. The highest BCUT2D eigenvalue weighted by Crippen LogP contribution is 2.08. The average Bonchev–Trinajstić information content (AvgIpc) is 2.59. The van der Waals surface area contributed by atoms with Gasteiger partial charge in [-0.15, -0.1) is 0 Å². The molecule has 0 unspecified atom stereocenters. The van der Waals surface area contributed by atoms with Gasteiger partial charge in [0.25, 0.3) is 0 Å². The van der Waals surface area contributed by atoms with Crippen molar-refractivity contribution >= 4 is 11.9 Å². The zero-order valence-corrected chi connectivity index (χ0v) is 13.9. The third-order valence-corrected chi connectivity index (χ3v) is 4.51. The number of hydrogen-bond donors (Lipinski definition) is 2. The first-order valence-corrected chi connectivity index (χ1v) is 8.74. The van der Waals surface area contributed by atoms with Gasteiger partial charge >= 0.3 is 0 Å². The van der Waals surface area contributed by atoms with Crippen LogP contribution in [0.5, 0.6) is 0 Å². The maximum atomic E-state index is 12.1. The fourth-order valence-electron chi connectivity index (χ4n) is 3.15. The number of piperidine rings is 2. The summed E-state index contributed by atoms with van der Waals surface area (Å²) in [6.07, 6.45) is 7.51. The van der Waals surface area contributed by atoms with Gasteiger partial charge in [-0.2, -0.15) is 0 Å². The van der Waals surface area contributed by atoms with Crippen LogP contribution in [0.4, 0.5) is 0 Å². The van der Waals surface area contributed by atoms with Gasteiger partial charge in [-0.25, -0.2) is 0 Å². The Balaban J connectivity index is 1.60. The molecule has 2 aliphatic heterocycles. The summed E-state index contributed by atoms with van der Waals surface area (Å²) in [6.45, 7) is 6.48. The van der Waals surface area contributed by atoms with Gasteiger partial charge in [-0.3, -0.25) is 9.79 Å². The first kappa shape index (κ1) is 17.1. The molecule has 0 aliphatic carbocycles. The molecular weight excluding hydrogens is 278 g/mol. The number of hydrogen-bond acceptors (Lipinski definition) is 3. The van der Waals surface area contributed by atoms with Gasteiger partial charge in [-0.05, 0) is 45.2 Å². The van der Waals surface area contributed by atoms with Crippen LogP contribution < -0.4 is 10.6 Å². The van der Waals surface area contributed by atoms with E-state index >= 15 is 0 Å². The summed E-state index contributed by atoms with van der Waals surface area (Å²) in [7, 11) is 1.75. The number of amides is 1. The van der Waals surface area contributed by atoms with Crippen molar-refractivity contribution in [3.8, 4) is 0 Å². The number of aliphatic imine (C=N–C) groups is 1. The van der Waals surface area contributed by atoms with E-state index in [-0.39, 0.29) is 5.91 Å². The quantitative estimate of drug-likeness (QED) is 0.578. The first-order valence-electron chi connectivity index (χ1n) is 8.74. The van der Waals surface area contributed by atoms with Gasteiger partial charge in [-0.1, -0.05) is 6.42 Å². The van der Waals surface area contributed by atoms with Crippen molar-refractivity contribution in [2.75, 3.05) is 52.9 Å². The van der Waals surface area contributed by atoms with E-state index < -0.39 is 0 Å². The third kappa shape index (κ3) is 5.83. The molecule has 2 N–H and O–H groups in total. The smallest absolute Gasteiger partial charge is 0.241 e. The van der Waals surface area contributed by atoms with Crippen molar-refractivity contribution in [1.29, 1.82) is 0 Å². The molecule has 0 aromatic carbocycles. The number of guanidine groups is 1. The number of rotatable bonds is 5. The Kier molecular flexibility index (Phi) is 7.49. The molecule has 0 radical (unpaired) electrons. The molecule has 1 amide bonds. The van der Waals surface area contributed by atoms with Gasteiger partial charge < -0.3 is 20.4 Å². The summed E-state index contributed by atoms with van der Waals surface area (Å²) in [5, 5.41) is 6.43. The molecule has 0 atom stereocenters. The van der Waals surface area contributed by atoms with E-state index in [2.05, 4.69) is 20.5 Å². The van der Waals surface area contributed by atoms with E-state index in [1.807, 2.05) is 4.90 Å². The molecule has 6 nitrogen and oxygen atoms in total. The molecule has 2 rings (SSSR count). The van der Waals surface area contributed by atoms with Crippen molar-refractivity contribution in [1.82, 2.24) is 20.4 Å². The Bertz CT molecular complexity index is 360. The lowest BCUT2D eigenvalue weighted by molar-refractivity contribution is -0.130. The van der Waals surface area contributed by atoms with Crippen molar-refractivity contribution in [2.45, 2.75) is 38.5 Å². The van der Waals surface area contributed by atoms with Crippen LogP contribution in [0.1, 0.15) is 38.5 Å². The van der Waals surface area contributed by atoms with Crippen LogP contribution in [0.3, 0.4) is 0 Å². The van der Waals surface area contributed by atoms with Crippen LogP contribution in [0.15, 0.2) is 4.99 Å². The van der Waals surface area contributed by atoms with Crippen LogP contribution >= 0.6 is 0 Å². The number of nitrogens with zero attached hydrogens (tertiary/aromatic N) is 3. The van der Waals surface area contributed by atoms with Gasteiger partial charge in [0.2, 0.25) is 5.91 Å². The normalized spacial score (nSPS) is 20.8. The Morgan fingerprint density at radius 2 is 1.59 bits per heavy atom. The first-order chi connectivity index (χ1) is 10.8. The summed E-state index contributed by atoms with van der Waals surface area (Å²) >= 11 is 0. The molecular formula is C16H31N5O. The maximum Gasteiger partial charge on any atom is 0.241 e. The summed E-state index contributed by atoms with van der Waals surface area (Å²) in [4.78, 5) is 20.7. The standard InChI is InChI=1S/C16H31N5O/c1-17-16(18-8-13-20-9-4-2-5-10-20)19-14-15(22)21-11-6-3-7-12-21/h2-14H2,1H3,(H2,17,18,19). The second-order valence-electron chi connectivity index (χ2n) is 6.20. The van der Waals surface area contributed by atoms with Crippen LogP contribution in [-0.2, 0) is 4.79 Å². The van der Waals surface area contributed by atoms with Crippen molar-refractivity contribution in [3.63, 3.8) is 0 Å². The lowest BCUT2D eigenvalue weighted by Crippen LogP contribution is -2.47. The highest BCUT2D eigenvalue weighted by molar-refractivity contribution is 5.86. The molecule has 2 aliphatic rings. The average molecular weight is 309 g/mol. The van der Waals surface area contributed by atoms with Crippen molar-refractivity contribution < 1.29 is 4.79 Å². The summed E-state index contributed by atoms with van der Waals surface area (Å²) in [6, 6.07) is 0. The van der Waals surface area contributed by atoms with Crippen LogP contribution in [0, 0.1) is 0 Å². The lowest BCUT2D eigenvalue weighted by atomic mass is 10.1. The highest BCUT2D eigenvalue weighted by atomic mass is 16.2. The largest absolute Gasteiger partial charge is 0.355 e. The fraction of sp³-hybridized carbons (Fsp3) is 0.875. The van der Waals surface area contributed by atoms with Gasteiger partial charge in [0.05, 0.1) is 6.54 Å². The predicted molar refractivity (Wildman–Crippen MR) is 90.1 cm³/mol. The molecule has 2 heterocycles. The minimum atomic E-state index is 0.179. The molecule has 2 saturated heterocycles. The zero-order valence-electron chi connectivity index (χ0n) is 13.9. The topological polar surface area (TPSA) is 60.0 Å². The summed E-state index contributed by atoms with van der Waals surface area (Å²) in [5.74, 6) is 0.904. The minimum Gasteiger partial charge on any atom is -0.355 e. The molecule has 22 heavy (non-hydrogen) atoms. The van der Waals surface area contributed by atoms with E-state index in [1.54, 1.807) is 7.05 Å². The molecule has 0 aromatic heterocycles. The maximum absolute atomic E-state index is 12.1. The summed E-state index contributed by atoms with van der Waals surface area (Å²) in [5.41, 5.74) is 0. The minimum absolute atomic E-state index is 0.179. The Hall–Kier alpha value is -1.30. The van der Waals surface area contributed by atoms with Crippen LogP contribution in [0.2, 0.25) is 0 Å². The van der Waals surface area contributed by atoms with Crippen LogP contribution in [0.25, 0.3) is 0 Å². The number of carbonyl (C=O) groups excluding carboxylic acids is 1. The van der Waals surface area contributed by atoms with E-state index in [9.17, 15) is 4.79 Å². The molecule has 0 bridgehead atoms. The molecule has 0 spiro atoms.